The van der Waals surface area contributed by atoms with Crippen molar-refractivity contribution in [1.29, 1.82) is 0 Å². The predicted molar refractivity (Wildman–Crippen MR) is 108 cm³/mol. The topological polar surface area (TPSA) is 9.23 Å². The molecule has 3 rings (SSSR count). The van der Waals surface area contributed by atoms with E-state index in [1.807, 2.05) is 0 Å². The zero-order valence-electron chi connectivity index (χ0n) is 16.9. The third kappa shape index (κ3) is 6.69. The van der Waals surface area contributed by atoms with Crippen LogP contribution in [-0.4, -0.2) is 12.7 Å². The van der Waals surface area contributed by atoms with Crippen LogP contribution in [0.4, 0.5) is 8.78 Å². The van der Waals surface area contributed by atoms with Crippen molar-refractivity contribution in [2.45, 2.75) is 89.6 Å². The molecule has 3 heteroatoms. The van der Waals surface area contributed by atoms with Gasteiger partial charge in [0.15, 0.2) is 0 Å². The predicted octanol–water partition coefficient (Wildman–Crippen LogP) is 7.53. The molecule has 0 aromatic rings. The summed E-state index contributed by atoms with van der Waals surface area (Å²) in [5.41, 5.74) is 0. The average Bonchev–Trinajstić information content (AvgIpc) is 2.68. The minimum absolute atomic E-state index is 0.357. The molecule has 154 valence electrons. The quantitative estimate of drug-likeness (QED) is 0.415. The van der Waals surface area contributed by atoms with Crippen molar-refractivity contribution in [2.75, 3.05) is 6.61 Å². The second kappa shape index (κ2) is 10.7. The van der Waals surface area contributed by atoms with E-state index < -0.39 is 6.08 Å². The van der Waals surface area contributed by atoms with Gasteiger partial charge in [-0.2, -0.15) is 8.78 Å². The Hall–Kier alpha value is -0.700. The Labute approximate surface area is 164 Å². The first-order valence-corrected chi connectivity index (χ1v) is 11.4. The maximum Gasteiger partial charge on any atom is 0.268 e. The van der Waals surface area contributed by atoms with Gasteiger partial charge in [-0.05, 0) is 74.5 Å². The summed E-state index contributed by atoms with van der Waals surface area (Å²) in [7, 11) is 0. The number of hydrogen-bond acceptors (Lipinski definition) is 1. The molecule has 2 saturated carbocycles. The van der Waals surface area contributed by atoms with Crippen LogP contribution >= 0.6 is 0 Å². The summed E-state index contributed by atoms with van der Waals surface area (Å²) >= 11 is 0. The van der Waals surface area contributed by atoms with Crippen molar-refractivity contribution in [3.63, 3.8) is 0 Å². The fraction of sp³-hybridized carbons (Fsp3) is 0.833. The lowest BCUT2D eigenvalue weighted by Crippen LogP contribution is -2.32. The second-order valence-electron chi connectivity index (χ2n) is 9.43. The Balaban J connectivity index is 1.29. The summed E-state index contributed by atoms with van der Waals surface area (Å²) in [5.74, 6) is 4.15. The summed E-state index contributed by atoms with van der Waals surface area (Å²) in [6.07, 6.45) is 18.1. The van der Waals surface area contributed by atoms with Gasteiger partial charge in [-0.1, -0.05) is 44.6 Å². The minimum Gasteiger partial charge on any atom is -0.374 e. The number of ether oxygens (including phenoxy) is 1. The summed E-state index contributed by atoms with van der Waals surface area (Å²) < 4.78 is 30.4. The number of halogens is 2. The fourth-order valence-electron chi connectivity index (χ4n) is 5.85. The molecule has 1 saturated heterocycles. The van der Waals surface area contributed by atoms with Gasteiger partial charge in [0, 0.05) is 6.08 Å². The molecular formula is C24H38F2O. The largest absolute Gasteiger partial charge is 0.374 e. The lowest BCUT2D eigenvalue weighted by molar-refractivity contribution is -0.0183. The molecule has 0 N–H and O–H groups in total. The van der Waals surface area contributed by atoms with Gasteiger partial charge in [0.05, 0.1) is 12.7 Å². The monoisotopic (exact) mass is 380 g/mol. The normalized spacial score (nSPS) is 37.6. The number of allylic oxidation sites excluding steroid dienone is 1. The summed E-state index contributed by atoms with van der Waals surface area (Å²) in [6.45, 7) is 4.56. The summed E-state index contributed by atoms with van der Waals surface area (Å²) in [6, 6.07) is 0. The summed E-state index contributed by atoms with van der Waals surface area (Å²) in [5, 5.41) is 0. The van der Waals surface area contributed by atoms with Gasteiger partial charge < -0.3 is 4.74 Å². The van der Waals surface area contributed by atoms with Crippen LogP contribution in [-0.2, 0) is 4.74 Å². The van der Waals surface area contributed by atoms with E-state index in [-0.39, 0.29) is 6.10 Å². The Morgan fingerprint density at radius 3 is 1.85 bits per heavy atom. The molecule has 0 radical (unpaired) electrons. The Bertz CT molecular complexity index is 461. The van der Waals surface area contributed by atoms with E-state index in [1.54, 1.807) is 0 Å². The molecule has 2 unspecified atom stereocenters. The molecule has 0 spiro atoms. The van der Waals surface area contributed by atoms with Gasteiger partial charge in [-0.25, -0.2) is 0 Å². The van der Waals surface area contributed by atoms with E-state index in [4.69, 9.17) is 4.74 Å². The van der Waals surface area contributed by atoms with Gasteiger partial charge in [0.1, 0.15) is 0 Å². The first kappa shape index (κ1) is 21.0. The molecule has 0 aromatic carbocycles. The van der Waals surface area contributed by atoms with Crippen molar-refractivity contribution in [3.05, 3.63) is 24.8 Å². The first-order chi connectivity index (χ1) is 13.1. The van der Waals surface area contributed by atoms with E-state index in [2.05, 4.69) is 12.7 Å². The minimum atomic E-state index is -1.60. The third-order valence-corrected chi connectivity index (χ3v) is 7.67. The molecule has 0 aromatic heterocycles. The summed E-state index contributed by atoms with van der Waals surface area (Å²) in [4.78, 5) is 0. The molecular weight excluding hydrogens is 342 g/mol. The lowest BCUT2D eigenvalue weighted by atomic mass is 9.71. The SMILES string of the molecule is C=CCC1CCC(CCC2CCC(C3CCC(C=C(F)F)OC3)CC2)CC1. The molecule has 3 aliphatic rings. The van der Waals surface area contributed by atoms with Crippen molar-refractivity contribution < 1.29 is 13.5 Å². The van der Waals surface area contributed by atoms with Crippen LogP contribution in [0.2, 0.25) is 0 Å². The first-order valence-electron chi connectivity index (χ1n) is 11.4. The van der Waals surface area contributed by atoms with Gasteiger partial charge in [-0.3, -0.25) is 0 Å². The van der Waals surface area contributed by atoms with Crippen molar-refractivity contribution >= 4 is 0 Å². The van der Waals surface area contributed by atoms with E-state index >= 15 is 0 Å². The van der Waals surface area contributed by atoms with Crippen molar-refractivity contribution in [3.8, 4) is 0 Å². The van der Waals surface area contributed by atoms with E-state index in [9.17, 15) is 8.78 Å². The number of rotatable bonds is 7. The molecule has 3 fully saturated rings. The fourth-order valence-corrected chi connectivity index (χ4v) is 5.85. The Kier molecular flexibility index (Phi) is 8.36. The Morgan fingerprint density at radius 1 is 0.778 bits per heavy atom. The zero-order chi connectivity index (χ0) is 19.1. The highest BCUT2D eigenvalue weighted by Gasteiger charge is 2.31. The molecule has 2 aliphatic carbocycles. The second-order valence-corrected chi connectivity index (χ2v) is 9.43. The van der Waals surface area contributed by atoms with Gasteiger partial charge in [0.25, 0.3) is 6.08 Å². The maximum absolute atomic E-state index is 12.4. The third-order valence-electron chi connectivity index (χ3n) is 7.67. The number of hydrogen-bond donors (Lipinski definition) is 0. The molecule has 1 heterocycles. The van der Waals surface area contributed by atoms with E-state index in [1.165, 1.54) is 70.6 Å². The molecule has 2 atom stereocenters. The molecule has 0 bridgehead atoms. The van der Waals surface area contributed by atoms with Crippen LogP contribution in [0.15, 0.2) is 24.8 Å². The highest BCUT2D eigenvalue weighted by atomic mass is 19.3. The van der Waals surface area contributed by atoms with Gasteiger partial charge in [-0.15, -0.1) is 6.58 Å². The van der Waals surface area contributed by atoms with Crippen LogP contribution < -0.4 is 0 Å². The highest BCUT2D eigenvalue weighted by Crippen LogP contribution is 2.41. The van der Waals surface area contributed by atoms with Gasteiger partial charge in [0.2, 0.25) is 0 Å². The smallest absolute Gasteiger partial charge is 0.268 e. The molecule has 1 nitrogen and oxygen atoms in total. The van der Waals surface area contributed by atoms with E-state index in [0.717, 1.165) is 42.6 Å². The molecule has 1 aliphatic heterocycles. The zero-order valence-corrected chi connectivity index (χ0v) is 16.9. The van der Waals surface area contributed by atoms with E-state index in [0.29, 0.717) is 12.5 Å². The van der Waals surface area contributed by atoms with Crippen LogP contribution in [0.1, 0.15) is 83.5 Å². The standard InChI is InChI=1S/C24H38F2O/c1-2-3-18-4-6-19(7-5-18)8-9-20-10-12-21(13-11-20)22-14-15-23(27-17-22)16-24(25)26/h2,16,18-23H,1,3-15,17H2. The Morgan fingerprint density at radius 2 is 1.33 bits per heavy atom. The highest BCUT2D eigenvalue weighted by molar-refractivity contribution is 4.92. The van der Waals surface area contributed by atoms with Crippen LogP contribution in [0.3, 0.4) is 0 Å². The average molecular weight is 381 g/mol. The van der Waals surface area contributed by atoms with Gasteiger partial charge >= 0.3 is 0 Å². The molecule has 27 heavy (non-hydrogen) atoms. The van der Waals surface area contributed by atoms with Crippen LogP contribution in [0, 0.1) is 29.6 Å². The maximum atomic E-state index is 12.4. The van der Waals surface area contributed by atoms with Crippen molar-refractivity contribution in [2.24, 2.45) is 29.6 Å². The van der Waals surface area contributed by atoms with Crippen molar-refractivity contribution in [1.82, 2.24) is 0 Å². The van der Waals surface area contributed by atoms with Crippen LogP contribution in [0.5, 0.6) is 0 Å². The molecule has 0 amide bonds. The lowest BCUT2D eigenvalue weighted by Gasteiger charge is -2.37. The van der Waals surface area contributed by atoms with Crippen LogP contribution in [0.25, 0.3) is 0 Å².